The van der Waals surface area contributed by atoms with Crippen LogP contribution in [0.25, 0.3) is 0 Å². The van der Waals surface area contributed by atoms with Gasteiger partial charge in [-0.25, -0.2) is 12.8 Å². The maximum absolute atomic E-state index is 13.5. The first-order valence-corrected chi connectivity index (χ1v) is 7.82. The summed E-state index contributed by atoms with van der Waals surface area (Å²) in [5.41, 5.74) is 0.452. The Balaban J connectivity index is 0.00000200. The molecular weight excluding hydrogens is 303 g/mol. The van der Waals surface area contributed by atoms with Crippen LogP contribution >= 0.6 is 12.4 Å². The molecule has 4 nitrogen and oxygen atoms in total. The highest BCUT2D eigenvalue weighted by Crippen LogP contribution is 2.22. The van der Waals surface area contributed by atoms with Crippen LogP contribution in [0, 0.1) is 12.7 Å². The third kappa shape index (κ3) is 3.49. The summed E-state index contributed by atoms with van der Waals surface area (Å²) < 4.78 is 39.7. The van der Waals surface area contributed by atoms with Crippen LogP contribution in [0.1, 0.15) is 18.4 Å². The molecule has 0 amide bonds. The van der Waals surface area contributed by atoms with Gasteiger partial charge in [-0.3, -0.25) is 0 Å². The summed E-state index contributed by atoms with van der Waals surface area (Å²) in [7, 11) is -1.69. The minimum Gasteiger partial charge on any atom is -0.317 e. The molecule has 1 heterocycles. The molecule has 1 saturated heterocycles. The Morgan fingerprint density at radius 3 is 2.40 bits per heavy atom. The molecule has 1 aliphatic heterocycles. The molecule has 1 aromatic carbocycles. The maximum Gasteiger partial charge on any atom is 0.243 e. The van der Waals surface area contributed by atoms with Crippen LogP contribution in [0.2, 0.25) is 0 Å². The van der Waals surface area contributed by atoms with Gasteiger partial charge in [0.1, 0.15) is 5.82 Å². The summed E-state index contributed by atoms with van der Waals surface area (Å²) in [5.74, 6) is -0.480. The first kappa shape index (κ1) is 17.4. The molecule has 0 radical (unpaired) electrons. The van der Waals surface area contributed by atoms with E-state index in [1.54, 1.807) is 6.92 Å². The summed E-state index contributed by atoms with van der Waals surface area (Å²) in [6.45, 7) is 2.57. The largest absolute Gasteiger partial charge is 0.317 e. The molecule has 0 saturated carbocycles. The second kappa shape index (κ2) is 6.85. The molecule has 7 heteroatoms. The lowest BCUT2D eigenvalue weighted by Gasteiger charge is -2.31. The van der Waals surface area contributed by atoms with Crippen molar-refractivity contribution in [3.05, 3.63) is 29.6 Å². The third-order valence-corrected chi connectivity index (χ3v) is 5.54. The lowest BCUT2D eigenvalue weighted by atomic mass is 10.1. The third-order valence-electron chi connectivity index (χ3n) is 3.64. The van der Waals surface area contributed by atoms with Crippen LogP contribution in [0.4, 0.5) is 4.39 Å². The Kier molecular flexibility index (Phi) is 5.94. The number of nitrogens with one attached hydrogen (secondary N) is 1. The van der Waals surface area contributed by atoms with E-state index in [0.29, 0.717) is 24.7 Å². The molecule has 114 valence electrons. The summed E-state index contributed by atoms with van der Waals surface area (Å²) in [4.78, 5) is 0.0403. The van der Waals surface area contributed by atoms with Gasteiger partial charge in [0, 0.05) is 19.1 Å². The predicted octanol–water partition coefficient (Wildman–Crippen LogP) is 1.93. The van der Waals surface area contributed by atoms with Crippen LogP contribution < -0.4 is 5.32 Å². The standard InChI is InChI=1S/C13H19FN2O2S.ClH/c1-10-3-4-12(9-13(10)14)19(17,18)16-7-5-11(15-2)6-8-16;/h3-4,9,11,15H,5-8H2,1-2H3;1H. The van der Waals surface area contributed by atoms with Gasteiger partial charge in [-0.05, 0) is 44.5 Å². The summed E-state index contributed by atoms with van der Waals surface area (Å²) in [5, 5.41) is 3.15. The number of hydrogen-bond acceptors (Lipinski definition) is 3. The fraction of sp³-hybridized carbons (Fsp3) is 0.538. The Labute approximate surface area is 125 Å². The SMILES string of the molecule is CNC1CCN(S(=O)(=O)c2ccc(C)c(F)c2)CC1.Cl. The molecule has 1 fully saturated rings. The summed E-state index contributed by atoms with van der Waals surface area (Å²) in [6.07, 6.45) is 1.56. The van der Waals surface area contributed by atoms with Gasteiger partial charge in [0.05, 0.1) is 4.90 Å². The number of sulfonamides is 1. The Morgan fingerprint density at radius 2 is 1.90 bits per heavy atom. The van der Waals surface area contributed by atoms with Crippen molar-refractivity contribution < 1.29 is 12.8 Å². The van der Waals surface area contributed by atoms with E-state index in [2.05, 4.69) is 5.32 Å². The van der Waals surface area contributed by atoms with E-state index in [1.165, 1.54) is 16.4 Å². The maximum atomic E-state index is 13.5. The molecule has 20 heavy (non-hydrogen) atoms. The summed E-state index contributed by atoms with van der Waals surface area (Å²) >= 11 is 0. The van der Waals surface area contributed by atoms with Crippen molar-refractivity contribution in [2.24, 2.45) is 0 Å². The minimum absolute atomic E-state index is 0. The first-order chi connectivity index (χ1) is 8.95. The number of halogens is 2. The predicted molar refractivity (Wildman–Crippen MR) is 79.2 cm³/mol. The van der Waals surface area contributed by atoms with E-state index in [-0.39, 0.29) is 17.3 Å². The van der Waals surface area contributed by atoms with Crippen LogP contribution in [-0.2, 0) is 10.0 Å². The highest BCUT2D eigenvalue weighted by atomic mass is 35.5. The highest BCUT2D eigenvalue weighted by molar-refractivity contribution is 7.89. The van der Waals surface area contributed by atoms with Crippen molar-refractivity contribution in [2.75, 3.05) is 20.1 Å². The van der Waals surface area contributed by atoms with Crippen molar-refractivity contribution in [3.63, 3.8) is 0 Å². The zero-order chi connectivity index (χ0) is 14.0. The van der Waals surface area contributed by atoms with Gasteiger partial charge in [-0.2, -0.15) is 4.31 Å². The lowest BCUT2D eigenvalue weighted by molar-refractivity contribution is 0.298. The second-order valence-corrected chi connectivity index (χ2v) is 6.82. The smallest absolute Gasteiger partial charge is 0.243 e. The highest BCUT2D eigenvalue weighted by Gasteiger charge is 2.29. The number of piperidine rings is 1. The summed E-state index contributed by atoms with van der Waals surface area (Å²) in [6, 6.07) is 4.44. The van der Waals surface area contributed by atoms with Crippen LogP contribution in [-0.4, -0.2) is 38.9 Å². The minimum atomic E-state index is -3.57. The molecule has 0 aromatic heterocycles. The van der Waals surface area contributed by atoms with E-state index < -0.39 is 15.8 Å². The fourth-order valence-corrected chi connectivity index (χ4v) is 3.75. The second-order valence-electron chi connectivity index (χ2n) is 4.88. The first-order valence-electron chi connectivity index (χ1n) is 6.38. The topological polar surface area (TPSA) is 49.4 Å². The fourth-order valence-electron chi connectivity index (χ4n) is 2.27. The quantitative estimate of drug-likeness (QED) is 0.925. The number of nitrogens with zero attached hydrogens (tertiary/aromatic N) is 1. The molecule has 0 bridgehead atoms. The van der Waals surface area contributed by atoms with Crippen molar-refractivity contribution in [2.45, 2.75) is 30.7 Å². The van der Waals surface area contributed by atoms with Crippen molar-refractivity contribution in [3.8, 4) is 0 Å². The van der Waals surface area contributed by atoms with Gasteiger partial charge in [-0.1, -0.05) is 6.07 Å². The number of rotatable bonds is 3. The zero-order valence-corrected chi connectivity index (χ0v) is 13.2. The van der Waals surface area contributed by atoms with Crippen molar-refractivity contribution >= 4 is 22.4 Å². The average molecular weight is 323 g/mol. The Bertz CT molecular complexity index is 557. The van der Waals surface area contributed by atoms with Crippen LogP contribution in [0.5, 0.6) is 0 Å². The molecule has 0 atom stereocenters. The normalized spacial score (nSPS) is 17.8. The van der Waals surface area contributed by atoms with Crippen LogP contribution in [0.15, 0.2) is 23.1 Å². The van der Waals surface area contributed by atoms with Gasteiger partial charge in [0.2, 0.25) is 10.0 Å². The Morgan fingerprint density at radius 1 is 1.30 bits per heavy atom. The van der Waals surface area contributed by atoms with Gasteiger partial charge in [0.15, 0.2) is 0 Å². The zero-order valence-electron chi connectivity index (χ0n) is 11.6. The lowest BCUT2D eigenvalue weighted by Crippen LogP contribution is -2.43. The monoisotopic (exact) mass is 322 g/mol. The van der Waals surface area contributed by atoms with E-state index in [1.807, 2.05) is 7.05 Å². The molecule has 0 aliphatic carbocycles. The molecule has 1 N–H and O–H groups in total. The Hall–Kier alpha value is -0.690. The number of benzene rings is 1. The van der Waals surface area contributed by atoms with E-state index in [4.69, 9.17) is 0 Å². The van der Waals surface area contributed by atoms with Crippen molar-refractivity contribution in [1.82, 2.24) is 9.62 Å². The van der Waals surface area contributed by atoms with Gasteiger partial charge in [-0.15, -0.1) is 12.4 Å². The molecule has 1 aliphatic rings. The van der Waals surface area contributed by atoms with E-state index >= 15 is 0 Å². The van der Waals surface area contributed by atoms with E-state index in [0.717, 1.165) is 18.9 Å². The molecule has 0 unspecified atom stereocenters. The number of hydrogen-bond donors (Lipinski definition) is 1. The molecule has 2 rings (SSSR count). The van der Waals surface area contributed by atoms with Gasteiger partial charge in [0.25, 0.3) is 0 Å². The van der Waals surface area contributed by atoms with Gasteiger partial charge < -0.3 is 5.32 Å². The van der Waals surface area contributed by atoms with Crippen LogP contribution in [0.3, 0.4) is 0 Å². The van der Waals surface area contributed by atoms with Crippen molar-refractivity contribution in [1.29, 1.82) is 0 Å². The molecule has 0 spiro atoms. The molecular formula is C13H20ClFN2O2S. The average Bonchev–Trinajstić information content (AvgIpc) is 2.41. The van der Waals surface area contributed by atoms with E-state index in [9.17, 15) is 12.8 Å². The number of aryl methyl sites for hydroxylation is 1. The van der Waals surface area contributed by atoms with Gasteiger partial charge >= 0.3 is 0 Å². The molecule has 1 aromatic rings.